The first-order chi connectivity index (χ1) is 11.6. The summed E-state index contributed by atoms with van der Waals surface area (Å²) in [7, 11) is 1.74. The largest absolute Gasteiger partial charge is 0.352 e. The molecule has 6 heteroatoms. The molecule has 0 aliphatic carbocycles. The minimum Gasteiger partial charge on any atom is -0.352 e. The molecule has 1 aromatic carbocycles. The lowest BCUT2D eigenvalue weighted by atomic mass is 10.0. The van der Waals surface area contributed by atoms with Crippen molar-refractivity contribution >= 4 is 17.5 Å². The summed E-state index contributed by atoms with van der Waals surface area (Å²) in [6, 6.07) is 11.0. The Morgan fingerprint density at radius 3 is 2.42 bits per heavy atom. The summed E-state index contributed by atoms with van der Waals surface area (Å²) in [4.78, 5) is 29.7. The summed E-state index contributed by atoms with van der Waals surface area (Å²) in [6.45, 7) is 2.01. The molecule has 6 nitrogen and oxygen atoms in total. The summed E-state index contributed by atoms with van der Waals surface area (Å²) in [5, 5.41) is 6.01. The third-order valence-corrected chi connectivity index (χ3v) is 4.17. The van der Waals surface area contributed by atoms with Crippen molar-refractivity contribution in [2.24, 2.45) is 5.92 Å². The molecule has 124 valence electrons. The lowest BCUT2D eigenvalue weighted by Gasteiger charge is -2.25. The third kappa shape index (κ3) is 3.60. The van der Waals surface area contributed by atoms with Crippen LogP contribution in [0.5, 0.6) is 0 Å². The van der Waals surface area contributed by atoms with Crippen LogP contribution < -0.4 is 15.5 Å². The zero-order valence-electron chi connectivity index (χ0n) is 13.5. The molecule has 1 aliphatic rings. The Kier molecular flexibility index (Phi) is 4.86. The Balaban J connectivity index is 1.59. The molecule has 2 N–H and O–H groups in total. The van der Waals surface area contributed by atoms with Crippen LogP contribution >= 0.6 is 0 Å². The summed E-state index contributed by atoms with van der Waals surface area (Å²) in [5.74, 6) is 0.0899. The third-order valence-electron chi connectivity index (χ3n) is 4.17. The van der Waals surface area contributed by atoms with E-state index >= 15 is 0 Å². The monoisotopic (exact) mass is 324 g/mol. The van der Waals surface area contributed by atoms with E-state index in [1.807, 2.05) is 24.3 Å². The van der Waals surface area contributed by atoms with Crippen LogP contribution in [0.25, 0.3) is 0 Å². The lowest BCUT2D eigenvalue weighted by Crippen LogP contribution is -2.50. The molecule has 0 atom stereocenters. The molecule has 1 aliphatic heterocycles. The van der Waals surface area contributed by atoms with E-state index in [1.165, 1.54) is 0 Å². The van der Waals surface area contributed by atoms with Crippen LogP contribution in [0.4, 0.5) is 5.69 Å². The standard InChI is InChI=1S/C18H20N4O2/c1-22(18(24)14-6-8-19-9-7-14)16-4-2-13(3-5-16)10-21-17(23)15-11-20-12-15/h2-9,15,20H,10-12H2,1H3,(H,21,23). The van der Waals surface area contributed by atoms with E-state index in [2.05, 4.69) is 15.6 Å². The van der Waals surface area contributed by atoms with Gasteiger partial charge in [-0.05, 0) is 29.8 Å². The molecule has 24 heavy (non-hydrogen) atoms. The summed E-state index contributed by atoms with van der Waals surface area (Å²) in [6.07, 6.45) is 3.20. The van der Waals surface area contributed by atoms with Crippen molar-refractivity contribution in [2.45, 2.75) is 6.54 Å². The highest BCUT2D eigenvalue weighted by atomic mass is 16.2. The average molecular weight is 324 g/mol. The summed E-state index contributed by atoms with van der Waals surface area (Å²) in [5.41, 5.74) is 2.40. The molecule has 2 aromatic rings. The molecule has 1 fully saturated rings. The number of carbonyl (C=O) groups excluding carboxylic acids is 2. The Hall–Kier alpha value is -2.73. The van der Waals surface area contributed by atoms with Gasteiger partial charge in [-0.3, -0.25) is 14.6 Å². The van der Waals surface area contributed by atoms with Gasteiger partial charge in [0.15, 0.2) is 0 Å². The molecule has 3 rings (SSSR count). The minimum atomic E-state index is -0.0871. The molecule has 0 saturated carbocycles. The molecule has 1 aromatic heterocycles. The van der Waals surface area contributed by atoms with Crippen LogP contribution in [-0.4, -0.2) is 36.9 Å². The average Bonchev–Trinajstić information content (AvgIpc) is 2.58. The second-order valence-corrected chi connectivity index (χ2v) is 5.84. The first-order valence-corrected chi connectivity index (χ1v) is 7.90. The van der Waals surface area contributed by atoms with Crippen molar-refractivity contribution < 1.29 is 9.59 Å². The van der Waals surface area contributed by atoms with E-state index < -0.39 is 0 Å². The van der Waals surface area contributed by atoms with E-state index in [9.17, 15) is 9.59 Å². The van der Waals surface area contributed by atoms with Gasteiger partial charge in [0, 0.05) is 50.3 Å². The van der Waals surface area contributed by atoms with E-state index in [0.717, 1.165) is 24.3 Å². The number of rotatable bonds is 5. The van der Waals surface area contributed by atoms with Crippen LogP contribution in [-0.2, 0) is 11.3 Å². The predicted octanol–water partition coefficient (Wildman–Crippen LogP) is 1.19. The molecule has 0 bridgehead atoms. The van der Waals surface area contributed by atoms with E-state index in [4.69, 9.17) is 0 Å². The molecular weight excluding hydrogens is 304 g/mol. The highest BCUT2D eigenvalue weighted by Crippen LogP contribution is 2.16. The number of aromatic nitrogens is 1. The molecule has 2 heterocycles. The van der Waals surface area contributed by atoms with Crippen molar-refractivity contribution in [3.63, 3.8) is 0 Å². The fraction of sp³-hybridized carbons (Fsp3) is 0.278. The van der Waals surface area contributed by atoms with Crippen LogP contribution in [0.15, 0.2) is 48.8 Å². The van der Waals surface area contributed by atoms with Crippen molar-refractivity contribution in [1.29, 1.82) is 0 Å². The number of hydrogen-bond donors (Lipinski definition) is 2. The summed E-state index contributed by atoms with van der Waals surface area (Å²) < 4.78 is 0. The number of pyridine rings is 1. The highest BCUT2D eigenvalue weighted by Gasteiger charge is 2.24. The maximum Gasteiger partial charge on any atom is 0.258 e. The lowest BCUT2D eigenvalue weighted by molar-refractivity contribution is -0.126. The normalized spacial score (nSPS) is 13.9. The van der Waals surface area contributed by atoms with Crippen molar-refractivity contribution in [3.8, 4) is 0 Å². The van der Waals surface area contributed by atoms with Gasteiger partial charge in [-0.2, -0.15) is 0 Å². The van der Waals surface area contributed by atoms with Gasteiger partial charge >= 0.3 is 0 Å². The van der Waals surface area contributed by atoms with Gasteiger partial charge in [-0.15, -0.1) is 0 Å². The topological polar surface area (TPSA) is 74.3 Å². The first-order valence-electron chi connectivity index (χ1n) is 7.90. The van der Waals surface area contributed by atoms with E-state index in [-0.39, 0.29) is 17.7 Å². The Morgan fingerprint density at radius 1 is 1.17 bits per heavy atom. The second kappa shape index (κ2) is 7.23. The van der Waals surface area contributed by atoms with Crippen molar-refractivity contribution in [3.05, 3.63) is 59.9 Å². The maximum atomic E-state index is 12.4. The number of nitrogens with one attached hydrogen (secondary N) is 2. The van der Waals surface area contributed by atoms with Gasteiger partial charge in [-0.25, -0.2) is 0 Å². The number of carbonyl (C=O) groups is 2. The maximum absolute atomic E-state index is 12.4. The number of benzene rings is 1. The smallest absolute Gasteiger partial charge is 0.258 e. The van der Waals surface area contributed by atoms with E-state index in [0.29, 0.717) is 12.1 Å². The van der Waals surface area contributed by atoms with Crippen LogP contribution in [0.3, 0.4) is 0 Å². The predicted molar refractivity (Wildman–Crippen MR) is 91.6 cm³/mol. The second-order valence-electron chi connectivity index (χ2n) is 5.84. The number of anilines is 1. The van der Waals surface area contributed by atoms with Crippen LogP contribution in [0, 0.1) is 5.92 Å². The fourth-order valence-corrected chi connectivity index (χ4v) is 2.45. The molecule has 0 unspecified atom stereocenters. The Morgan fingerprint density at radius 2 is 1.83 bits per heavy atom. The van der Waals surface area contributed by atoms with Crippen molar-refractivity contribution in [2.75, 3.05) is 25.0 Å². The van der Waals surface area contributed by atoms with Gasteiger partial charge in [0.05, 0.1) is 5.92 Å². The van der Waals surface area contributed by atoms with Gasteiger partial charge < -0.3 is 15.5 Å². The van der Waals surface area contributed by atoms with Gasteiger partial charge in [-0.1, -0.05) is 12.1 Å². The molecule has 0 radical (unpaired) electrons. The zero-order chi connectivity index (χ0) is 16.9. The van der Waals surface area contributed by atoms with Crippen LogP contribution in [0.1, 0.15) is 15.9 Å². The first kappa shape index (κ1) is 16.1. The SMILES string of the molecule is CN(C(=O)c1ccncc1)c1ccc(CNC(=O)C2CNC2)cc1. The highest BCUT2D eigenvalue weighted by molar-refractivity contribution is 6.05. The summed E-state index contributed by atoms with van der Waals surface area (Å²) >= 11 is 0. The quantitative estimate of drug-likeness (QED) is 0.866. The zero-order valence-corrected chi connectivity index (χ0v) is 13.5. The minimum absolute atomic E-state index is 0.0859. The van der Waals surface area contributed by atoms with Gasteiger partial charge in [0.25, 0.3) is 5.91 Å². The fourth-order valence-electron chi connectivity index (χ4n) is 2.45. The number of hydrogen-bond acceptors (Lipinski definition) is 4. The molecule has 0 spiro atoms. The van der Waals surface area contributed by atoms with E-state index in [1.54, 1.807) is 36.5 Å². The Labute approximate surface area is 140 Å². The van der Waals surface area contributed by atoms with Crippen molar-refractivity contribution in [1.82, 2.24) is 15.6 Å². The van der Waals surface area contributed by atoms with Gasteiger partial charge in [0.1, 0.15) is 0 Å². The molecule has 1 saturated heterocycles. The van der Waals surface area contributed by atoms with Gasteiger partial charge in [0.2, 0.25) is 5.91 Å². The Bertz CT molecular complexity index is 712. The number of nitrogens with zero attached hydrogens (tertiary/aromatic N) is 2. The number of amides is 2. The van der Waals surface area contributed by atoms with Crippen LogP contribution in [0.2, 0.25) is 0 Å². The molecule has 2 amide bonds. The molecular formula is C18H20N4O2.